The van der Waals surface area contributed by atoms with E-state index in [9.17, 15) is 18.3 Å². The van der Waals surface area contributed by atoms with Crippen molar-refractivity contribution in [3.05, 3.63) is 65.2 Å². The number of hydrogen-bond acceptors (Lipinski definition) is 7. The molecular weight excluding hydrogens is 494 g/mol. The number of benzene rings is 1. The molecule has 0 radical (unpaired) electrons. The maximum atomic E-state index is 13.6. The van der Waals surface area contributed by atoms with Crippen LogP contribution < -0.4 is 4.74 Å². The molecule has 10 nitrogen and oxygen atoms in total. The first-order chi connectivity index (χ1) is 17.7. The maximum Gasteiger partial charge on any atom is 0.303 e. The van der Waals surface area contributed by atoms with Crippen molar-refractivity contribution in [1.82, 2.24) is 24.3 Å². The molecular formula is C26H33N5O5S. The highest BCUT2D eigenvalue weighted by Gasteiger charge is 2.35. The Labute approximate surface area is 217 Å². The molecule has 37 heavy (non-hydrogen) atoms. The Morgan fingerprint density at radius 3 is 2.78 bits per heavy atom. The van der Waals surface area contributed by atoms with Gasteiger partial charge in [-0.3, -0.25) is 14.5 Å². The van der Waals surface area contributed by atoms with Crippen LogP contribution in [0, 0.1) is 6.92 Å². The van der Waals surface area contributed by atoms with Crippen molar-refractivity contribution in [2.45, 2.75) is 76.5 Å². The van der Waals surface area contributed by atoms with Gasteiger partial charge in [-0.05, 0) is 61.8 Å². The van der Waals surface area contributed by atoms with Crippen LogP contribution in [-0.4, -0.2) is 56.4 Å². The quantitative estimate of drug-likeness (QED) is 0.424. The molecule has 0 aliphatic carbocycles. The van der Waals surface area contributed by atoms with E-state index in [1.54, 1.807) is 10.7 Å². The Hall–Kier alpha value is -3.31. The minimum absolute atomic E-state index is 0.0305. The van der Waals surface area contributed by atoms with Crippen LogP contribution in [0.15, 0.2) is 47.8 Å². The minimum atomic E-state index is -3.84. The summed E-state index contributed by atoms with van der Waals surface area (Å²) >= 11 is 0. The lowest BCUT2D eigenvalue weighted by molar-refractivity contribution is -0.137. The van der Waals surface area contributed by atoms with E-state index < -0.39 is 16.0 Å². The smallest absolute Gasteiger partial charge is 0.303 e. The average Bonchev–Trinajstić information content (AvgIpc) is 3.31. The minimum Gasteiger partial charge on any atom is -0.488 e. The summed E-state index contributed by atoms with van der Waals surface area (Å²) in [4.78, 5) is 15.8. The molecule has 1 N–H and O–H groups in total. The number of carboxylic acids is 1. The zero-order valence-electron chi connectivity index (χ0n) is 21.4. The van der Waals surface area contributed by atoms with Gasteiger partial charge in [0.05, 0.1) is 24.9 Å². The van der Waals surface area contributed by atoms with Gasteiger partial charge in [0.15, 0.2) is 0 Å². The molecule has 2 atom stereocenters. The van der Waals surface area contributed by atoms with Crippen LogP contribution in [0.2, 0.25) is 0 Å². The number of ether oxygens (including phenoxy) is 1. The van der Waals surface area contributed by atoms with Crippen LogP contribution in [0.5, 0.6) is 5.75 Å². The second kappa shape index (κ2) is 11.4. The lowest BCUT2D eigenvalue weighted by Crippen LogP contribution is -2.36. The number of carboxylic acid groups (broad SMARTS) is 1. The molecule has 0 amide bonds. The van der Waals surface area contributed by atoms with Crippen LogP contribution in [0.4, 0.5) is 0 Å². The molecule has 11 heteroatoms. The summed E-state index contributed by atoms with van der Waals surface area (Å²) < 4.78 is 36.3. The van der Waals surface area contributed by atoms with Crippen molar-refractivity contribution in [1.29, 1.82) is 0 Å². The summed E-state index contributed by atoms with van der Waals surface area (Å²) in [6, 6.07) is 7.39. The summed E-state index contributed by atoms with van der Waals surface area (Å²) in [5, 5.41) is 17.8. The number of hydrogen-bond donors (Lipinski definition) is 1. The number of nitrogens with zero attached hydrogens (tertiary/aromatic N) is 5. The van der Waals surface area contributed by atoms with Crippen molar-refractivity contribution in [2.75, 3.05) is 6.54 Å². The molecule has 3 heterocycles. The fourth-order valence-electron chi connectivity index (χ4n) is 4.53. The highest BCUT2D eigenvalue weighted by atomic mass is 32.2. The van der Waals surface area contributed by atoms with Gasteiger partial charge in [-0.1, -0.05) is 30.3 Å². The second-order valence-corrected chi connectivity index (χ2v) is 11.3. The van der Waals surface area contributed by atoms with Crippen molar-refractivity contribution >= 4 is 16.0 Å². The molecule has 0 spiro atoms. The van der Waals surface area contributed by atoms with E-state index in [-0.39, 0.29) is 36.4 Å². The third-order valence-corrected chi connectivity index (χ3v) is 8.61. The molecule has 198 valence electrons. The van der Waals surface area contributed by atoms with Gasteiger partial charge in [0.2, 0.25) is 10.0 Å². The Kier molecular flexibility index (Phi) is 8.23. The monoisotopic (exact) mass is 527 g/mol. The molecule has 2 aromatic heterocycles. The topological polar surface area (TPSA) is 128 Å². The first-order valence-corrected chi connectivity index (χ1v) is 14.0. The Morgan fingerprint density at radius 2 is 2.08 bits per heavy atom. The number of aromatic nitrogens is 4. The van der Waals surface area contributed by atoms with Gasteiger partial charge in [0.25, 0.3) is 0 Å². The van der Waals surface area contributed by atoms with E-state index in [1.165, 1.54) is 16.7 Å². The van der Waals surface area contributed by atoms with E-state index in [0.29, 0.717) is 25.0 Å². The van der Waals surface area contributed by atoms with Crippen LogP contribution in [-0.2, 0) is 34.3 Å². The van der Waals surface area contributed by atoms with Crippen molar-refractivity contribution in [3.63, 3.8) is 0 Å². The molecule has 0 bridgehead atoms. The average molecular weight is 528 g/mol. The van der Waals surface area contributed by atoms with Gasteiger partial charge in [-0.25, -0.2) is 8.42 Å². The van der Waals surface area contributed by atoms with Gasteiger partial charge in [0, 0.05) is 25.5 Å². The van der Waals surface area contributed by atoms with Gasteiger partial charge >= 0.3 is 5.97 Å². The predicted octanol–water partition coefficient (Wildman–Crippen LogP) is 3.55. The van der Waals surface area contributed by atoms with E-state index in [2.05, 4.69) is 15.3 Å². The molecule has 4 rings (SSSR count). The second-order valence-electron chi connectivity index (χ2n) is 9.35. The summed E-state index contributed by atoms with van der Waals surface area (Å²) in [5.74, 6) is -0.816. The zero-order chi connectivity index (χ0) is 26.6. The summed E-state index contributed by atoms with van der Waals surface area (Å²) in [7, 11) is -3.84. The molecule has 0 fully saturated rings. The van der Waals surface area contributed by atoms with Gasteiger partial charge in [-0.15, -0.1) is 5.10 Å². The molecule has 0 saturated carbocycles. The van der Waals surface area contributed by atoms with E-state index in [1.807, 2.05) is 45.2 Å². The molecule has 1 aliphatic heterocycles. The number of aliphatic carboxylic acids is 1. The summed E-state index contributed by atoms with van der Waals surface area (Å²) in [6.07, 6.45) is 6.24. The van der Waals surface area contributed by atoms with Gasteiger partial charge < -0.3 is 9.84 Å². The van der Waals surface area contributed by atoms with Gasteiger partial charge in [-0.2, -0.15) is 4.31 Å². The third kappa shape index (κ3) is 6.16. The van der Waals surface area contributed by atoms with Crippen LogP contribution in [0.3, 0.4) is 0 Å². The lowest BCUT2D eigenvalue weighted by atomic mass is 9.88. The fraction of sp³-hybridized carbons (Fsp3) is 0.462. The fourth-order valence-corrected chi connectivity index (χ4v) is 6.05. The number of rotatable bonds is 10. The third-order valence-electron chi connectivity index (χ3n) is 6.79. The Morgan fingerprint density at radius 1 is 1.27 bits per heavy atom. The van der Waals surface area contributed by atoms with E-state index >= 15 is 0 Å². The van der Waals surface area contributed by atoms with Crippen molar-refractivity contribution in [2.24, 2.45) is 0 Å². The Bertz CT molecular complexity index is 1360. The number of sulfonamides is 1. The highest BCUT2D eigenvalue weighted by Crippen LogP contribution is 2.33. The normalized spacial score (nSPS) is 18.0. The van der Waals surface area contributed by atoms with E-state index in [4.69, 9.17) is 4.74 Å². The van der Waals surface area contributed by atoms with Gasteiger partial charge in [0.1, 0.15) is 16.7 Å². The molecule has 1 aliphatic rings. The first-order valence-electron chi connectivity index (χ1n) is 12.5. The largest absolute Gasteiger partial charge is 0.488 e. The summed E-state index contributed by atoms with van der Waals surface area (Å²) in [5.41, 5.74) is 3.45. The number of fused-ring (bicyclic) bond motifs is 1. The maximum absolute atomic E-state index is 13.6. The molecule has 3 aromatic rings. The Balaban J connectivity index is 1.61. The molecule has 1 unspecified atom stereocenters. The zero-order valence-corrected chi connectivity index (χ0v) is 22.2. The standard InChI is InChI=1S/C26H33N5O5S/c1-4-23-17-31(37(34,35)25-14-27-11-10-24(25)36-23)15-21-12-19(7-6-18(21)3)20(13-26(32)33)8-9-22-16-30(5-2)29-28-22/h6-7,10-12,14,16,20,23H,4-5,8-9,13,15,17H2,1-3H3,(H,32,33)/t20?,23-/m1/s1. The molecule has 0 saturated heterocycles. The SMILES string of the molecule is CC[C@@H]1CN(Cc2cc(C(CCc3cn(CC)nn3)CC(=O)O)ccc2C)S(=O)(=O)c2cnccc2O1. The number of carbonyl (C=O) groups is 1. The number of aryl methyl sites for hydroxylation is 3. The first kappa shape index (κ1) is 26.7. The van der Waals surface area contributed by atoms with Crippen LogP contribution in [0.25, 0.3) is 0 Å². The lowest BCUT2D eigenvalue weighted by Gasteiger charge is -2.24. The van der Waals surface area contributed by atoms with Crippen molar-refractivity contribution < 1.29 is 23.1 Å². The van der Waals surface area contributed by atoms with Crippen LogP contribution >= 0.6 is 0 Å². The van der Waals surface area contributed by atoms with Crippen LogP contribution in [0.1, 0.15) is 61.4 Å². The predicted molar refractivity (Wildman–Crippen MR) is 137 cm³/mol. The number of pyridine rings is 1. The van der Waals surface area contributed by atoms with E-state index in [0.717, 1.165) is 28.9 Å². The molecule has 1 aromatic carbocycles. The van der Waals surface area contributed by atoms with Crippen molar-refractivity contribution in [3.8, 4) is 5.75 Å². The summed E-state index contributed by atoms with van der Waals surface area (Å²) in [6.45, 7) is 6.96. The highest BCUT2D eigenvalue weighted by molar-refractivity contribution is 7.89.